The van der Waals surface area contributed by atoms with Crippen LogP contribution in [-0.2, 0) is 11.3 Å². The first-order chi connectivity index (χ1) is 14.7. The largest absolute Gasteiger partial charge is 0.376 e. The first-order valence-corrected chi connectivity index (χ1v) is 12.2. The minimum Gasteiger partial charge on any atom is -0.376 e. The Bertz CT molecular complexity index is 920. The minimum absolute atomic E-state index is 0.0259. The Morgan fingerprint density at radius 3 is 2.77 bits per heavy atom. The van der Waals surface area contributed by atoms with Crippen molar-refractivity contribution < 1.29 is 9.13 Å². The number of nitrogens with zero attached hydrogens (tertiary/aromatic N) is 3. The number of piperidine rings is 1. The predicted octanol–water partition coefficient (Wildman–Crippen LogP) is 5.75. The zero-order valence-electron chi connectivity index (χ0n) is 19.4. The SMILES string of the molecule is CC1=NC2=CC(C(C)N3CCC[C@H](COCc4cc(C)nc(C)c4)C3)=C(F)CC2(C)S1. The molecule has 1 fully saturated rings. The summed E-state index contributed by atoms with van der Waals surface area (Å²) in [5.41, 5.74) is 5.09. The van der Waals surface area contributed by atoms with Crippen LogP contribution in [0.2, 0.25) is 0 Å². The van der Waals surface area contributed by atoms with Crippen LogP contribution in [0, 0.1) is 19.8 Å². The van der Waals surface area contributed by atoms with Crippen molar-refractivity contribution in [3.63, 3.8) is 0 Å². The maximum Gasteiger partial charge on any atom is 0.107 e. The molecule has 3 heterocycles. The van der Waals surface area contributed by atoms with Crippen LogP contribution in [0.15, 0.2) is 40.3 Å². The summed E-state index contributed by atoms with van der Waals surface area (Å²) in [4.78, 5) is 11.5. The average molecular weight is 444 g/mol. The number of halogens is 1. The maximum atomic E-state index is 15.1. The molecule has 168 valence electrons. The average Bonchev–Trinajstić information content (AvgIpc) is 2.98. The molecule has 1 saturated heterocycles. The summed E-state index contributed by atoms with van der Waals surface area (Å²) in [6, 6.07) is 4.24. The van der Waals surface area contributed by atoms with Crippen LogP contribution in [0.1, 0.15) is 57.0 Å². The monoisotopic (exact) mass is 443 g/mol. The summed E-state index contributed by atoms with van der Waals surface area (Å²) in [5.74, 6) is 0.505. The van der Waals surface area contributed by atoms with E-state index in [1.807, 2.05) is 26.8 Å². The van der Waals surface area contributed by atoms with Crippen LogP contribution in [0.4, 0.5) is 4.39 Å². The quantitative estimate of drug-likeness (QED) is 0.561. The second-order valence-corrected chi connectivity index (χ2v) is 11.2. The molecule has 2 unspecified atom stereocenters. The highest BCUT2D eigenvalue weighted by molar-refractivity contribution is 8.15. The molecule has 6 heteroatoms. The van der Waals surface area contributed by atoms with Crippen molar-refractivity contribution in [3.8, 4) is 0 Å². The lowest BCUT2D eigenvalue weighted by Crippen LogP contribution is -2.44. The zero-order valence-corrected chi connectivity index (χ0v) is 20.2. The van der Waals surface area contributed by atoms with Gasteiger partial charge in [0.15, 0.2) is 0 Å². The smallest absolute Gasteiger partial charge is 0.107 e. The molecule has 0 amide bonds. The van der Waals surface area contributed by atoms with E-state index in [2.05, 4.69) is 40.9 Å². The molecule has 1 aromatic heterocycles. The molecule has 1 aliphatic carbocycles. The lowest BCUT2D eigenvalue weighted by Gasteiger charge is -2.39. The van der Waals surface area contributed by atoms with Gasteiger partial charge < -0.3 is 4.74 Å². The van der Waals surface area contributed by atoms with E-state index in [9.17, 15) is 0 Å². The van der Waals surface area contributed by atoms with Gasteiger partial charge in [0.05, 0.1) is 28.7 Å². The van der Waals surface area contributed by atoms with Crippen LogP contribution in [0.25, 0.3) is 0 Å². The van der Waals surface area contributed by atoms with E-state index in [-0.39, 0.29) is 16.6 Å². The van der Waals surface area contributed by atoms with Crippen molar-refractivity contribution in [1.29, 1.82) is 0 Å². The molecule has 4 nitrogen and oxygen atoms in total. The van der Waals surface area contributed by atoms with E-state index < -0.39 is 0 Å². The zero-order chi connectivity index (χ0) is 22.2. The highest BCUT2D eigenvalue weighted by atomic mass is 32.2. The summed E-state index contributed by atoms with van der Waals surface area (Å²) in [6.45, 7) is 13.6. The van der Waals surface area contributed by atoms with Crippen LogP contribution in [0.5, 0.6) is 0 Å². The number of aliphatic imine (C=N–C) groups is 1. The molecule has 3 atom stereocenters. The first-order valence-electron chi connectivity index (χ1n) is 11.3. The predicted molar refractivity (Wildman–Crippen MR) is 127 cm³/mol. The molecule has 0 spiro atoms. The number of aromatic nitrogens is 1. The van der Waals surface area contributed by atoms with Gasteiger partial charge in [0, 0.05) is 36.0 Å². The van der Waals surface area contributed by atoms with Gasteiger partial charge in [0.25, 0.3) is 0 Å². The Hall–Kier alpha value is -1.50. The van der Waals surface area contributed by atoms with Gasteiger partial charge in [-0.05, 0) is 83.7 Å². The van der Waals surface area contributed by atoms with Gasteiger partial charge >= 0.3 is 0 Å². The Labute approximate surface area is 190 Å². The fourth-order valence-corrected chi connectivity index (χ4v) is 6.31. The molecule has 0 bridgehead atoms. The minimum atomic E-state index is -0.237. The Morgan fingerprint density at radius 1 is 1.29 bits per heavy atom. The molecule has 2 aliphatic heterocycles. The molecule has 31 heavy (non-hydrogen) atoms. The summed E-state index contributed by atoms with van der Waals surface area (Å²) < 4.78 is 21.0. The number of rotatable bonds is 6. The number of thioether (sulfide) groups is 1. The normalized spacial score (nSPS) is 27.7. The van der Waals surface area contributed by atoms with E-state index in [0.29, 0.717) is 18.9 Å². The highest BCUT2D eigenvalue weighted by Gasteiger charge is 2.41. The molecule has 0 saturated carbocycles. The fourth-order valence-electron chi connectivity index (χ4n) is 5.10. The molecule has 4 rings (SSSR count). The standard InChI is InChI=1S/C25H34FN3OS/c1-16-9-21(10-17(2)27-16)15-30-14-20-7-6-8-29(13-20)18(3)22-11-24-25(5,12-23(22)26)31-19(4)28-24/h9-11,18,20H,6-8,12-15H2,1-5H3/t18?,20-,25?/m0/s1. The van der Waals surface area contributed by atoms with Gasteiger partial charge in [-0.1, -0.05) is 11.8 Å². The number of hydrogen-bond donors (Lipinski definition) is 0. The summed E-state index contributed by atoms with van der Waals surface area (Å²) in [6.07, 6.45) is 4.75. The number of pyridine rings is 1. The number of aryl methyl sites for hydroxylation is 2. The van der Waals surface area contributed by atoms with Crippen LogP contribution in [0.3, 0.4) is 0 Å². The van der Waals surface area contributed by atoms with Crippen molar-refractivity contribution in [2.45, 2.75) is 71.3 Å². The fraction of sp³-hybridized carbons (Fsp3) is 0.600. The van der Waals surface area contributed by atoms with Crippen molar-refractivity contribution in [2.75, 3.05) is 19.7 Å². The van der Waals surface area contributed by atoms with E-state index in [1.165, 1.54) is 12.0 Å². The van der Waals surface area contributed by atoms with Crippen molar-refractivity contribution in [2.24, 2.45) is 10.9 Å². The van der Waals surface area contributed by atoms with Crippen molar-refractivity contribution in [1.82, 2.24) is 9.88 Å². The summed E-state index contributed by atoms with van der Waals surface area (Å²) in [7, 11) is 0. The lowest BCUT2D eigenvalue weighted by molar-refractivity contribution is 0.0452. The molecule has 0 N–H and O–H groups in total. The molecule has 0 aromatic carbocycles. The third kappa shape index (κ3) is 5.12. The second-order valence-electron chi connectivity index (χ2n) is 9.48. The number of hydrogen-bond acceptors (Lipinski definition) is 5. The van der Waals surface area contributed by atoms with E-state index in [1.54, 1.807) is 11.8 Å². The van der Waals surface area contributed by atoms with E-state index in [0.717, 1.165) is 53.8 Å². The molecular weight excluding hydrogens is 409 g/mol. The topological polar surface area (TPSA) is 37.7 Å². The van der Waals surface area contributed by atoms with Crippen molar-refractivity contribution >= 4 is 16.8 Å². The Balaban J connectivity index is 1.36. The van der Waals surface area contributed by atoms with Gasteiger partial charge in [-0.25, -0.2) is 9.38 Å². The van der Waals surface area contributed by atoms with Gasteiger partial charge in [0.2, 0.25) is 0 Å². The van der Waals surface area contributed by atoms with Crippen molar-refractivity contribution in [3.05, 3.63) is 52.3 Å². The van der Waals surface area contributed by atoms with E-state index in [4.69, 9.17) is 4.74 Å². The Morgan fingerprint density at radius 2 is 2.03 bits per heavy atom. The third-order valence-corrected chi connectivity index (χ3v) is 7.79. The number of likely N-dealkylation sites (tertiary alicyclic amines) is 1. The molecule has 0 radical (unpaired) electrons. The van der Waals surface area contributed by atoms with Gasteiger partial charge in [-0.2, -0.15) is 0 Å². The third-order valence-electron chi connectivity index (χ3n) is 6.60. The molecule has 3 aliphatic rings. The summed E-state index contributed by atoms with van der Waals surface area (Å²) >= 11 is 1.69. The molecular formula is C25H34FN3OS. The number of ether oxygens (including phenoxy) is 1. The van der Waals surface area contributed by atoms with Gasteiger partial charge in [-0.3, -0.25) is 9.88 Å². The van der Waals surface area contributed by atoms with Crippen LogP contribution < -0.4 is 0 Å². The summed E-state index contributed by atoms with van der Waals surface area (Å²) in [5, 5.41) is 1.03. The van der Waals surface area contributed by atoms with Gasteiger partial charge in [0.1, 0.15) is 5.83 Å². The van der Waals surface area contributed by atoms with Crippen LogP contribution in [-0.4, -0.2) is 45.4 Å². The Kier molecular flexibility index (Phi) is 6.71. The van der Waals surface area contributed by atoms with Gasteiger partial charge in [-0.15, -0.1) is 0 Å². The maximum absolute atomic E-state index is 15.1. The number of fused-ring (bicyclic) bond motifs is 1. The second kappa shape index (κ2) is 9.16. The van der Waals surface area contributed by atoms with Crippen LogP contribution >= 0.6 is 11.8 Å². The van der Waals surface area contributed by atoms with E-state index >= 15 is 4.39 Å². The molecule has 1 aromatic rings. The first kappa shape index (κ1) is 22.7. The highest BCUT2D eigenvalue weighted by Crippen LogP contribution is 2.49. The lowest BCUT2D eigenvalue weighted by atomic mass is 9.88. The number of allylic oxidation sites excluding steroid dienone is 1.